The molecule has 11 heteroatoms. The van der Waals surface area contributed by atoms with Gasteiger partial charge in [-0.15, -0.1) is 0 Å². The Balaban J connectivity index is 4.24. The van der Waals surface area contributed by atoms with Crippen LogP contribution < -0.4 is 5.73 Å². The van der Waals surface area contributed by atoms with Crippen molar-refractivity contribution in [1.29, 1.82) is 0 Å². The zero-order valence-corrected chi connectivity index (χ0v) is 42.0. The van der Waals surface area contributed by atoms with Crippen LogP contribution in [-0.4, -0.2) is 60.5 Å². The Morgan fingerprint density at radius 2 is 0.892 bits per heavy atom. The van der Waals surface area contributed by atoms with Crippen LogP contribution in [0.3, 0.4) is 0 Å². The molecule has 65 heavy (non-hydrogen) atoms. The van der Waals surface area contributed by atoms with E-state index in [4.69, 9.17) is 29.4 Å². The Morgan fingerprint density at radius 1 is 0.508 bits per heavy atom. The number of ether oxygens (including phenoxy) is 2. The van der Waals surface area contributed by atoms with E-state index in [0.29, 0.717) is 13.0 Å². The smallest absolute Gasteiger partial charge is 0.472 e. The second kappa shape index (κ2) is 49.1. The van der Waals surface area contributed by atoms with E-state index in [1.54, 1.807) is 0 Å². The van der Waals surface area contributed by atoms with E-state index in [1.807, 2.05) is 0 Å². The number of carboxylic acids is 1. The standard InChI is InChI=1S/C54H94NO9P/c1-3-5-7-9-11-13-15-17-19-21-23-25-27-29-31-33-35-37-39-41-43-45-47-61-48-51(49-62-65(59,60)63-50-52(55)54(57)58)64-53(56)46-44-42-40-38-36-34-32-30-28-26-24-22-20-18-16-14-12-10-8-6-4-2/h6,8,12,14,18,20-21,23-24,26,30,32,36,38,51-52H,3-5,7,9-11,13,15-17,19,22,25,27-29,31,33-35,37,39-50,55H2,1-2H3,(H,57,58)(H,59,60)/b8-6-,14-12-,20-18-,23-21-,26-24-,32-30-,38-36-. The van der Waals surface area contributed by atoms with Crippen molar-refractivity contribution in [2.24, 2.45) is 5.73 Å². The molecule has 3 unspecified atom stereocenters. The molecule has 0 bridgehead atoms. The van der Waals surface area contributed by atoms with Gasteiger partial charge in [-0.1, -0.05) is 195 Å². The Morgan fingerprint density at radius 3 is 1.35 bits per heavy atom. The first-order chi connectivity index (χ1) is 31.7. The summed E-state index contributed by atoms with van der Waals surface area (Å²) in [6.07, 6.45) is 63.6. The van der Waals surface area contributed by atoms with Gasteiger partial charge in [0.25, 0.3) is 0 Å². The van der Waals surface area contributed by atoms with E-state index < -0.39 is 45.1 Å². The number of carbonyl (C=O) groups excluding carboxylic acids is 1. The Labute approximate surface area is 397 Å². The molecule has 10 nitrogen and oxygen atoms in total. The van der Waals surface area contributed by atoms with Crippen molar-refractivity contribution in [3.8, 4) is 0 Å². The molecule has 0 aliphatic carbocycles. The lowest BCUT2D eigenvalue weighted by atomic mass is 10.1. The van der Waals surface area contributed by atoms with Crippen LogP contribution in [0.2, 0.25) is 0 Å². The van der Waals surface area contributed by atoms with Gasteiger partial charge in [0.15, 0.2) is 0 Å². The zero-order chi connectivity index (χ0) is 47.6. The molecule has 0 amide bonds. The second-order valence-corrected chi connectivity index (χ2v) is 18.4. The van der Waals surface area contributed by atoms with Crippen LogP contribution in [0, 0.1) is 0 Å². The van der Waals surface area contributed by atoms with Gasteiger partial charge in [0, 0.05) is 13.0 Å². The third-order valence-corrected chi connectivity index (χ3v) is 11.6. The number of esters is 1. The molecule has 0 aromatic rings. The van der Waals surface area contributed by atoms with Crippen molar-refractivity contribution < 1.29 is 42.7 Å². The lowest BCUT2D eigenvalue weighted by Crippen LogP contribution is -2.34. The topological polar surface area (TPSA) is 155 Å². The van der Waals surface area contributed by atoms with Crippen molar-refractivity contribution in [3.05, 3.63) is 85.1 Å². The Kier molecular flexibility index (Phi) is 46.9. The van der Waals surface area contributed by atoms with Gasteiger partial charge < -0.3 is 25.2 Å². The van der Waals surface area contributed by atoms with Crippen LogP contribution >= 0.6 is 7.82 Å². The van der Waals surface area contributed by atoms with E-state index in [1.165, 1.54) is 109 Å². The van der Waals surface area contributed by atoms with Crippen LogP contribution in [0.4, 0.5) is 0 Å². The summed E-state index contributed by atoms with van der Waals surface area (Å²) in [7, 11) is -4.64. The number of rotatable bonds is 48. The fourth-order valence-corrected chi connectivity index (χ4v) is 7.50. The average molecular weight is 932 g/mol. The molecule has 0 rings (SSSR count). The third kappa shape index (κ3) is 48.9. The highest BCUT2D eigenvalue weighted by atomic mass is 31.2. The molecule has 374 valence electrons. The maximum absolute atomic E-state index is 12.7. The number of carboxylic acid groups (broad SMARTS) is 1. The highest BCUT2D eigenvalue weighted by molar-refractivity contribution is 7.47. The third-order valence-electron chi connectivity index (χ3n) is 10.7. The summed E-state index contributed by atoms with van der Waals surface area (Å²) < 4.78 is 33.5. The molecule has 0 spiro atoms. The van der Waals surface area contributed by atoms with Gasteiger partial charge in [0.05, 0.1) is 19.8 Å². The van der Waals surface area contributed by atoms with Gasteiger partial charge in [-0.25, -0.2) is 4.57 Å². The minimum Gasteiger partial charge on any atom is -0.480 e. The SMILES string of the molecule is CC/C=C\C/C=C\C/C=C\C/C=C\C/C=C\C/C=C\CCCCC(=O)OC(COCCCCCCCCCCCC/C=C\CCCCCCCCCC)COP(=O)(O)OCC(N)C(=O)O. The largest absolute Gasteiger partial charge is 0.480 e. The number of unbranched alkanes of at least 4 members (excludes halogenated alkanes) is 20. The lowest BCUT2D eigenvalue weighted by Gasteiger charge is -2.20. The molecule has 0 radical (unpaired) electrons. The summed E-state index contributed by atoms with van der Waals surface area (Å²) in [5.41, 5.74) is 5.37. The van der Waals surface area contributed by atoms with E-state index in [-0.39, 0.29) is 13.0 Å². The molecule has 4 N–H and O–H groups in total. The lowest BCUT2D eigenvalue weighted by molar-refractivity contribution is -0.154. The molecule has 0 saturated carbocycles. The molecule has 0 heterocycles. The summed E-state index contributed by atoms with van der Waals surface area (Å²) in [6.45, 7) is 3.72. The number of phosphoric acid groups is 1. The van der Waals surface area contributed by atoms with Gasteiger partial charge in [-0.3, -0.25) is 18.6 Å². The number of hydrogen-bond donors (Lipinski definition) is 3. The number of hydrogen-bond acceptors (Lipinski definition) is 8. The minimum absolute atomic E-state index is 0.00599. The Bertz CT molecular complexity index is 1360. The normalized spacial score (nSPS) is 14.4. The summed E-state index contributed by atoms with van der Waals surface area (Å²) in [4.78, 5) is 33.7. The van der Waals surface area contributed by atoms with Crippen molar-refractivity contribution in [1.82, 2.24) is 0 Å². The highest BCUT2D eigenvalue weighted by Crippen LogP contribution is 2.43. The van der Waals surface area contributed by atoms with Gasteiger partial charge >= 0.3 is 19.8 Å². The van der Waals surface area contributed by atoms with Gasteiger partial charge in [0.1, 0.15) is 12.1 Å². The van der Waals surface area contributed by atoms with Crippen molar-refractivity contribution in [3.63, 3.8) is 0 Å². The summed E-state index contributed by atoms with van der Waals surface area (Å²) in [6, 6.07) is -1.49. The highest BCUT2D eigenvalue weighted by Gasteiger charge is 2.27. The molecule has 0 aliphatic heterocycles. The van der Waals surface area contributed by atoms with E-state index >= 15 is 0 Å². The molecular formula is C54H94NO9P. The van der Waals surface area contributed by atoms with E-state index in [2.05, 4.69) is 98.9 Å². The van der Waals surface area contributed by atoms with Crippen molar-refractivity contribution in [2.75, 3.05) is 26.4 Å². The molecule has 0 aliphatic rings. The monoisotopic (exact) mass is 932 g/mol. The number of carbonyl (C=O) groups is 2. The van der Waals surface area contributed by atoms with Gasteiger partial charge in [-0.2, -0.15) is 0 Å². The van der Waals surface area contributed by atoms with Crippen molar-refractivity contribution in [2.45, 2.75) is 219 Å². The molecule has 0 aromatic carbocycles. The van der Waals surface area contributed by atoms with Gasteiger partial charge in [-0.05, 0) is 89.9 Å². The number of nitrogens with two attached hydrogens (primary N) is 1. The summed E-state index contributed by atoms with van der Waals surface area (Å²) in [5, 5.41) is 8.93. The van der Waals surface area contributed by atoms with Crippen molar-refractivity contribution >= 4 is 19.8 Å². The molecule has 3 atom stereocenters. The van der Waals surface area contributed by atoms with Gasteiger partial charge in [0.2, 0.25) is 0 Å². The van der Waals surface area contributed by atoms with Crippen LogP contribution in [0.1, 0.15) is 206 Å². The van der Waals surface area contributed by atoms with Crippen LogP contribution in [0.15, 0.2) is 85.1 Å². The fraction of sp³-hybridized carbons (Fsp3) is 0.704. The number of phosphoric ester groups is 1. The first-order valence-corrected chi connectivity index (χ1v) is 27.1. The van der Waals surface area contributed by atoms with E-state index in [0.717, 1.165) is 70.6 Å². The molecule has 0 fully saturated rings. The maximum atomic E-state index is 12.7. The van der Waals surface area contributed by atoms with Crippen LogP contribution in [0.25, 0.3) is 0 Å². The first kappa shape index (κ1) is 62.1. The Hall–Kier alpha value is -2.85. The molecular weight excluding hydrogens is 838 g/mol. The van der Waals surface area contributed by atoms with Crippen LogP contribution in [0.5, 0.6) is 0 Å². The fourth-order valence-electron chi connectivity index (χ4n) is 6.72. The first-order valence-electron chi connectivity index (χ1n) is 25.6. The number of aliphatic carboxylic acids is 1. The average Bonchev–Trinajstić information content (AvgIpc) is 3.29. The summed E-state index contributed by atoms with van der Waals surface area (Å²) in [5.74, 6) is -1.83. The predicted octanol–water partition coefficient (Wildman–Crippen LogP) is 15.1. The predicted molar refractivity (Wildman–Crippen MR) is 272 cm³/mol. The molecule has 0 aromatic heterocycles. The maximum Gasteiger partial charge on any atom is 0.472 e. The quantitative estimate of drug-likeness (QED) is 0.0232. The van der Waals surface area contributed by atoms with Crippen LogP contribution in [-0.2, 0) is 32.7 Å². The minimum atomic E-state index is -4.64. The number of allylic oxidation sites excluding steroid dienone is 14. The summed E-state index contributed by atoms with van der Waals surface area (Å²) >= 11 is 0. The second-order valence-electron chi connectivity index (χ2n) is 16.9. The van der Waals surface area contributed by atoms with E-state index in [9.17, 15) is 19.0 Å². The zero-order valence-electron chi connectivity index (χ0n) is 41.1. The molecule has 0 saturated heterocycles.